The van der Waals surface area contributed by atoms with Crippen molar-refractivity contribution in [3.8, 4) is 16.9 Å². The van der Waals surface area contributed by atoms with Gasteiger partial charge in [0.1, 0.15) is 5.75 Å². The Bertz CT molecular complexity index is 1520. The van der Waals surface area contributed by atoms with Gasteiger partial charge in [0.15, 0.2) is 0 Å². The zero-order chi connectivity index (χ0) is 29.2. The van der Waals surface area contributed by atoms with Crippen molar-refractivity contribution in [2.45, 2.75) is 32.6 Å². The number of carbonyl (C=O) groups is 3. The Morgan fingerprint density at radius 1 is 0.805 bits per heavy atom. The van der Waals surface area contributed by atoms with E-state index in [0.717, 1.165) is 23.1 Å². The monoisotopic (exact) mass is 550 g/mol. The third kappa shape index (κ3) is 7.39. The summed E-state index contributed by atoms with van der Waals surface area (Å²) in [4.78, 5) is 39.6. The molecular formula is C34H34N2O5. The number of anilines is 2. The minimum Gasteiger partial charge on any atom is -0.491 e. The van der Waals surface area contributed by atoms with E-state index in [1.54, 1.807) is 43.4 Å². The predicted octanol–water partition coefficient (Wildman–Crippen LogP) is 7.21. The summed E-state index contributed by atoms with van der Waals surface area (Å²) in [6.45, 7) is 2.31. The van der Waals surface area contributed by atoms with Crippen LogP contribution in [0.25, 0.3) is 11.1 Å². The van der Waals surface area contributed by atoms with E-state index in [0.29, 0.717) is 47.7 Å². The van der Waals surface area contributed by atoms with Crippen molar-refractivity contribution in [1.29, 1.82) is 0 Å². The minimum absolute atomic E-state index is 0.140. The van der Waals surface area contributed by atoms with Gasteiger partial charge in [0.05, 0.1) is 29.1 Å². The lowest BCUT2D eigenvalue weighted by Gasteiger charge is -2.22. The number of carboxylic acid groups (broad SMARTS) is 1. The number of aryl methyl sites for hydroxylation is 1. The number of aliphatic carboxylic acids is 1. The number of carboxylic acids is 1. The number of carbonyl (C=O) groups excluding carboxylic acids is 2. The fraction of sp³-hybridized carbons (Fsp3) is 0.206. The second kappa shape index (κ2) is 13.9. The van der Waals surface area contributed by atoms with Crippen LogP contribution in [0.2, 0.25) is 0 Å². The van der Waals surface area contributed by atoms with Gasteiger partial charge in [-0.15, -0.1) is 0 Å². The van der Waals surface area contributed by atoms with Gasteiger partial charge in [-0.05, 0) is 67.1 Å². The number of unbranched alkanes of at least 4 members (excludes halogenated alkanes) is 2. The van der Waals surface area contributed by atoms with E-state index in [1.165, 1.54) is 4.90 Å². The van der Waals surface area contributed by atoms with Crippen LogP contribution in [0.5, 0.6) is 5.75 Å². The molecule has 0 atom stereocenters. The Morgan fingerprint density at radius 3 is 2.29 bits per heavy atom. The molecule has 0 bridgehead atoms. The van der Waals surface area contributed by atoms with Crippen LogP contribution >= 0.6 is 0 Å². The first-order valence-corrected chi connectivity index (χ1v) is 13.6. The zero-order valence-corrected chi connectivity index (χ0v) is 23.3. The first-order chi connectivity index (χ1) is 19.9. The largest absolute Gasteiger partial charge is 0.491 e. The zero-order valence-electron chi connectivity index (χ0n) is 23.3. The number of hydrogen-bond donors (Lipinski definition) is 2. The van der Waals surface area contributed by atoms with Crippen molar-refractivity contribution in [2.24, 2.45) is 0 Å². The summed E-state index contributed by atoms with van der Waals surface area (Å²) in [7, 11) is 1.67. The van der Waals surface area contributed by atoms with Crippen molar-refractivity contribution in [2.75, 3.05) is 23.9 Å². The fourth-order valence-electron chi connectivity index (χ4n) is 4.67. The van der Waals surface area contributed by atoms with Crippen LogP contribution in [-0.4, -0.2) is 36.5 Å². The van der Waals surface area contributed by atoms with Gasteiger partial charge in [-0.3, -0.25) is 14.4 Å². The fourth-order valence-corrected chi connectivity index (χ4v) is 4.67. The smallest absolute Gasteiger partial charge is 0.303 e. The molecule has 0 aliphatic carbocycles. The molecule has 0 radical (unpaired) electrons. The van der Waals surface area contributed by atoms with Crippen molar-refractivity contribution < 1.29 is 24.2 Å². The lowest BCUT2D eigenvalue weighted by Crippen LogP contribution is -2.28. The van der Waals surface area contributed by atoms with Crippen LogP contribution in [-0.2, 0) is 4.79 Å². The van der Waals surface area contributed by atoms with Crippen molar-refractivity contribution in [1.82, 2.24) is 0 Å². The molecule has 4 rings (SSSR count). The molecule has 7 nitrogen and oxygen atoms in total. The molecule has 0 heterocycles. The summed E-state index contributed by atoms with van der Waals surface area (Å²) < 4.78 is 5.96. The van der Waals surface area contributed by atoms with E-state index in [-0.39, 0.29) is 18.2 Å². The summed E-state index contributed by atoms with van der Waals surface area (Å²) in [5.74, 6) is -0.845. The Kier molecular flexibility index (Phi) is 9.89. The lowest BCUT2D eigenvalue weighted by atomic mass is 9.95. The number of benzene rings is 4. The molecular weight excluding hydrogens is 516 g/mol. The molecule has 0 aliphatic rings. The van der Waals surface area contributed by atoms with E-state index < -0.39 is 5.97 Å². The van der Waals surface area contributed by atoms with Gasteiger partial charge in [-0.25, -0.2) is 0 Å². The average Bonchev–Trinajstić information content (AvgIpc) is 2.98. The maximum absolute atomic E-state index is 13.7. The summed E-state index contributed by atoms with van der Waals surface area (Å²) in [6.07, 6.45) is 2.18. The maximum atomic E-state index is 13.7. The van der Waals surface area contributed by atoms with Crippen LogP contribution in [0.1, 0.15) is 52.0 Å². The molecule has 41 heavy (non-hydrogen) atoms. The van der Waals surface area contributed by atoms with Gasteiger partial charge in [0.25, 0.3) is 11.8 Å². The van der Waals surface area contributed by atoms with Crippen LogP contribution in [0.15, 0.2) is 97.1 Å². The molecule has 2 N–H and O–H groups in total. The van der Waals surface area contributed by atoms with E-state index in [4.69, 9.17) is 9.84 Å². The Balaban J connectivity index is 1.52. The first-order valence-electron chi connectivity index (χ1n) is 13.6. The second-order valence-electron chi connectivity index (χ2n) is 9.75. The third-order valence-electron chi connectivity index (χ3n) is 6.81. The van der Waals surface area contributed by atoms with E-state index >= 15 is 0 Å². The van der Waals surface area contributed by atoms with Crippen LogP contribution in [0.4, 0.5) is 11.4 Å². The van der Waals surface area contributed by atoms with Gasteiger partial charge in [-0.2, -0.15) is 0 Å². The van der Waals surface area contributed by atoms with Crippen molar-refractivity contribution in [3.05, 3.63) is 114 Å². The molecule has 2 amide bonds. The number of amides is 2. The summed E-state index contributed by atoms with van der Waals surface area (Å²) in [6, 6.07) is 29.7. The van der Waals surface area contributed by atoms with E-state index in [1.807, 2.05) is 67.6 Å². The highest BCUT2D eigenvalue weighted by atomic mass is 16.5. The lowest BCUT2D eigenvalue weighted by molar-refractivity contribution is -0.137. The minimum atomic E-state index is -0.802. The molecule has 7 heteroatoms. The second-order valence-corrected chi connectivity index (χ2v) is 9.75. The van der Waals surface area contributed by atoms with Gasteiger partial charge in [0, 0.05) is 13.5 Å². The summed E-state index contributed by atoms with van der Waals surface area (Å²) in [5, 5.41) is 11.8. The van der Waals surface area contributed by atoms with E-state index in [2.05, 4.69) is 5.32 Å². The summed E-state index contributed by atoms with van der Waals surface area (Å²) >= 11 is 0. The number of nitrogens with zero attached hydrogens (tertiary/aromatic N) is 1. The van der Waals surface area contributed by atoms with Gasteiger partial charge in [-0.1, -0.05) is 72.8 Å². The molecule has 4 aromatic carbocycles. The Labute approximate surface area is 240 Å². The molecule has 210 valence electrons. The number of rotatable bonds is 12. The van der Waals surface area contributed by atoms with Gasteiger partial charge in [0.2, 0.25) is 0 Å². The van der Waals surface area contributed by atoms with Crippen LogP contribution in [0.3, 0.4) is 0 Å². The quantitative estimate of drug-likeness (QED) is 0.182. The molecule has 0 spiro atoms. The van der Waals surface area contributed by atoms with Crippen LogP contribution in [0, 0.1) is 6.92 Å². The summed E-state index contributed by atoms with van der Waals surface area (Å²) in [5.41, 5.74) is 4.49. The standard InChI is InChI=1S/C34H34N2O5/c1-24-14-13-18-26(25-15-5-3-6-16-25)32(24)33(39)35-28-19-9-8-17-27(28)34(40)36(2)29-20-10-11-21-30(29)41-23-12-4-7-22-31(37)38/h3,5-6,8-11,13-21H,4,7,12,22-23H2,1-2H3,(H,35,39)(H,37,38). The number of hydrogen-bond acceptors (Lipinski definition) is 4. The Hall–Kier alpha value is -4.91. The molecule has 4 aromatic rings. The number of para-hydroxylation sites is 3. The molecule has 0 saturated carbocycles. The third-order valence-corrected chi connectivity index (χ3v) is 6.81. The molecule has 0 fully saturated rings. The van der Waals surface area contributed by atoms with Crippen molar-refractivity contribution >= 4 is 29.2 Å². The highest BCUT2D eigenvalue weighted by Gasteiger charge is 2.22. The van der Waals surface area contributed by atoms with Crippen molar-refractivity contribution in [3.63, 3.8) is 0 Å². The predicted molar refractivity (Wildman–Crippen MR) is 162 cm³/mol. The number of ether oxygens (including phenoxy) is 1. The van der Waals surface area contributed by atoms with Gasteiger partial charge < -0.3 is 20.1 Å². The highest BCUT2D eigenvalue weighted by molar-refractivity contribution is 6.15. The molecule has 0 saturated heterocycles. The Morgan fingerprint density at radius 2 is 1.51 bits per heavy atom. The normalized spacial score (nSPS) is 10.6. The van der Waals surface area contributed by atoms with Gasteiger partial charge >= 0.3 is 5.97 Å². The molecule has 0 aromatic heterocycles. The first kappa shape index (κ1) is 29.1. The topological polar surface area (TPSA) is 95.9 Å². The molecule has 0 unspecified atom stereocenters. The SMILES string of the molecule is Cc1cccc(-c2ccccc2)c1C(=O)Nc1ccccc1C(=O)N(C)c1ccccc1OCCCCCC(=O)O. The average molecular weight is 551 g/mol. The highest BCUT2D eigenvalue weighted by Crippen LogP contribution is 2.31. The molecule has 0 aliphatic heterocycles. The van der Waals surface area contributed by atoms with Crippen LogP contribution < -0.4 is 15.0 Å². The maximum Gasteiger partial charge on any atom is 0.303 e. The van der Waals surface area contributed by atoms with E-state index in [9.17, 15) is 14.4 Å². The number of nitrogens with one attached hydrogen (secondary N) is 1.